The molecule has 1 saturated carbocycles. The van der Waals surface area contributed by atoms with Crippen molar-refractivity contribution in [1.82, 2.24) is 0 Å². The maximum atomic E-state index is 2.26. The lowest BCUT2D eigenvalue weighted by Gasteiger charge is -2.18. The van der Waals surface area contributed by atoms with Gasteiger partial charge in [-0.15, -0.1) is 0 Å². The molecule has 0 unspecified atom stereocenters. The van der Waals surface area contributed by atoms with Gasteiger partial charge in [-0.25, -0.2) is 0 Å². The molecule has 1 aromatic rings. The SMILES string of the molecule is c1ccc(CC[P]C2CCCCCCC2)cc1. The molecule has 1 radical (unpaired) electrons. The second-order valence-electron chi connectivity index (χ2n) is 5.14. The average molecular weight is 247 g/mol. The van der Waals surface area contributed by atoms with Crippen molar-refractivity contribution in [1.29, 1.82) is 0 Å². The Balaban J connectivity index is 1.66. The molecule has 17 heavy (non-hydrogen) atoms. The molecule has 0 bridgehead atoms. The van der Waals surface area contributed by atoms with Crippen molar-refractivity contribution < 1.29 is 0 Å². The third-order valence-electron chi connectivity index (χ3n) is 3.71. The molecule has 1 aliphatic carbocycles. The van der Waals surface area contributed by atoms with Crippen LogP contribution in [0.25, 0.3) is 0 Å². The summed E-state index contributed by atoms with van der Waals surface area (Å²) in [5.74, 6) is 0. The van der Waals surface area contributed by atoms with Crippen LogP contribution in [0.1, 0.15) is 50.5 Å². The Bertz CT molecular complexity index is 286. The minimum absolute atomic E-state index is 0.999. The fourth-order valence-corrected chi connectivity index (χ4v) is 4.12. The first-order valence-electron chi connectivity index (χ1n) is 7.16. The summed E-state index contributed by atoms with van der Waals surface area (Å²) in [6.07, 6.45) is 13.0. The van der Waals surface area contributed by atoms with Crippen LogP contribution in [0.2, 0.25) is 0 Å². The Morgan fingerprint density at radius 2 is 1.53 bits per heavy atom. The highest BCUT2D eigenvalue weighted by atomic mass is 31.1. The van der Waals surface area contributed by atoms with Gasteiger partial charge in [0.2, 0.25) is 0 Å². The molecule has 1 aliphatic rings. The van der Waals surface area contributed by atoms with Crippen molar-refractivity contribution in [3.63, 3.8) is 0 Å². The standard InChI is InChI=1S/C16H24P/c1-2-7-11-16(12-8-3-1)17-14-13-15-9-5-4-6-10-15/h4-6,9-10,16H,1-3,7-8,11-14H2. The van der Waals surface area contributed by atoms with E-state index >= 15 is 0 Å². The maximum Gasteiger partial charge on any atom is -0.0170 e. The lowest BCUT2D eigenvalue weighted by atomic mass is 10.0. The molecular formula is C16H24P. The van der Waals surface area contributed by atoms with Gasteiger partial charge in [-0.3, -0.25) is 0 Å². The van der Waals surface area contributed by atoms with Crippen LogP contribution in [0, 0.1) is 0 Å². The average Bonchev–Trinajstić information content (AvgIpc) is 2.33. The van der Waals surface area contributed by atoms with Gasteiger partial charge in [0, 0.05) is 0 Å². The van der Waals surface area contributed by atoms with E-state index in [0.717, 1.165) is 5.66 Å². The second-order valence-corrected chi connectivity index (χ2v) is 6.68. The highest BCUT2D eigenvalue weighted by Gasteiger charge is 2.11. The molecule has 0 spiro atoms. The Morgan fingerprint density at radius 1 is 0.882 bits per heavy atom. The lowest BCUT2D eigenvalue weighted by molar-refractivity contribution is 0.511. The molecule has 0 aromatic heterocycles. The zero-order chi connectivity index (χ0) is 11.8. The van der Waals surface area contributed by atoms with E-state index in [0.29, 0.717) is 0 Å². The Kier molecular flexibility index (Phi) is 6.07. The van der Waals surface area contributed by atoms with Gasteiger partial charge in [-0.2, -0.15) is 0 Å². The molecule has 0 atom stereocenters. The summed E-state index contributed by atoms with van der Waals surface area (Å²) in [4.78, 5) is 0. The van der Waals surface area contributed by atoms with Gasteiger partial charge in [0.05, 0.1) is 0 Å². The monoisotopic (exact) mass is 247 g/mol. The fraction of sp³-hybridized carbons (Fsp3) is 0.625. The van der Waals surface area contributed by atoms with Crippen molar-refractivity contribution in [3.05, 3.63) is 35.9 Å². The molecule has 2 rings (SSSR count). The van der Waals surface area contributed by atoms with Gasteiger partial charge >= 0.3 is 0 Å². The summed E-state index contributed by atoms with van der Waals surface area (Å²) >= 11 is 0. The summed E-state index contributed by atoms with van der Waals surface area (Å²) in [5.41, 5.74) is 2.50. The lowest BCUT2D eigenvalue weighted by Crippen LogP contribution is -2.05. The molecule has 0 aliphatic heterocycles. The second kappa shape index (κ2) is 7.88. The van der Waals surface area contributed by atoms with E-state index in [1.807, 2.05) is 0 Å². The number of benzene rings is 1. The van der Waals surface area contributed by atoms with Crippen LogP contribution >= 0.6 is 8.58 Å². The third-order valence-corrected chi connectivity index (χ3v) is 5.22. The highest BCUT2D eigenvalue weighted by Crippen LogP contribution is 2.31. The van der Waals surface area contributed by atoms with Crippen molar-refractivity contribution in [3.8, 4) is 0 Å². The van der Waals surface area contributed by atoms with E-state index in [2.05, 4.69) is 30.3 Å². The molecule has 0 nitrogen and oxygen atoms in total. The molecule has 0 amide bonds. The predicted octanol–water partition coefficient (Wildman–Crippen LogP) is 5.29. The van der Waals surface area contributed by atoms with E-state index in [4.69, 9.17) is 0 Å². The topological polar surface area (TPSA) is 0 Å². The summed E-state index contributed by atoms with van der Waals surface area (Å²) < 4.78 is 0. The van der Waals surface area contributed by atoms with E-state index in [1.165, 1.54) is 63.1 Å². The van der Waals surface area contributed by atoms with Gasteiger partial charge in [0.25, 0.3) is 0 Å². The zero-order valence-electron chi connectivity index (χ0n) is 10.8. The first-order valence-corrected chi connectivity index (χ1v) is 8.30. The number of rotatable bonds is 4. The number of hydrogen-bond donors (Lipinski definition) is 0. The van der Waals surface area contributed by atoms with Crippen LogP contribution in [0.5, 0.6) is 0 Å². The van der Waals surface area contributed by atoms with Gasteiger partial charge < -0.3 is 0 Å². The van der Waals surface area contributed by atoms with E-state index in [-0.39, 0.29) is 0 Å². The Labute approximate surface area is 108 Å². The van der Waals surface area contributed by atoms with Crippen LogP contribution in [0.3, 0.4) is 0 Å². The first kappa shape index (κ1) is 13.1. The summed E-state index contributed by atoms with van der Waals surface area (Å²) in [6.45, 7) is 0. The smallest absolute Gasteiger partial charge is 0.0170 e. The summed E-state index contributed by atoms with van der Waals surface area (Å²) in [7, 11) is 1.71. The molecular weight excluding hydrogens is 223 g/mol. The molecule has 1 heteroatoms. The van der Waals surface area contributed by atoms with Crippen LogP contribution in [-0.2, 0) is 6.42 Å². The minimum atomic E-state index is 0.999. The summed E-state index contributed by atoms with van der Waals surface area (Å²) in [5, 5.41) is 0. The van der Waals surface area contributed by atoms with Crippen LogP contribution in [0.15, 0.2) is 30.3 Å². The van der Waals surface area contributed by atoms with Crippen LogP contribution in [0.4, 0.5) is 0 Å². The van der Waals surface area contributed by atoms with Crippen LogP contribution in [-0.4, -0.2) is 11.8 Å². The Morgan fingerprint density at radius 3 is 2.24 bits per heavy atom. The van der Waals surface area contributed by atoms with E-state index in [9.17, 15) is 0 Å². The van der Waals surface area contributed by atoms with E-state index < -0.39 is 0 Å². The molecule has 0 saturated heterocycles. The molecule has 93 valence electrons. The molecule has 0 N–H and O–H groups in total. The molecule has 1 aromatic carbocycles. The van der Waals surface area contributed by atoms with Crippen molar-refractivity contribution in [2.24, 2.45) is 0 Å². The predicted molar refractivity (Wildman–Crippen MR) is 78.0 cm³/mol. The normalized spacial score (nSPS) is 19.3. The van der Waals surface area contributed by atoms with Crippen LogP contribution < -0.4 is 0 Å². The molecule has 1 fully saturated rings. The number of hydrogen-bond acceptors (Lipinski definition) is 0. The highest BCUT2D eigenvalue weighted by molar-refractivity contribution is 7.38. The van der Waals surface area contributed by atoms with Crippen molar-refractivity contribution in [2.75, 3.05) is 6.16 Å². The number of aryl methyl sites for hydroxylation is 1. The van der Waals surface area contributed by atoms with Gasteiger partial charge in [-0.05, 0) is 36.6 Å². The Hall–Kier alpha value is -0.350. The third kappa shape index (κ3) is 5.21. The van der Waals surface area contributed by atoms with E-state index in [1.54, 1.807) is 8.58 Å². The zero-order valence-corrected chi connectivity index (χ0v) is 11.7. The largest absolute Gasteiger partial charge is 0.0772 e. The molecule has 0 heterocycles. The van der Waals surface area contributed by atoms with Gasteiger partial charge in [-0.1, -0.05) is 71.0 Å². The van der Waals surface area contributed by atoms with Crippen molar-refractivity contribution in [2.45, 2.75) is 57.0 Å². The minimum Gasteiger partial charge on any atom is -0.0772 e. The van der Waals surface area contributed by atoms with Gasteiger partial charge in [0.1, 0.15) is 0 Å². The fourth-order valence-electron chi connectivity index (χ4n) is 2.64. The maximum absolute atomic E-state index is 2.26. The van der Waals surface area contributed by atoms with Crippen molar-refractivity contribution >= 4 is 8.58 Å². The first-order chi connectivity index (χ1) is 8.45. The summed E-state index contributed by atoms with van der Waals surface area (Å²) in [6, 6.07) is 10.9. The quantitative estimate of drug-likeness (QED) is 0.634. The van der Waals surface area contributed by atoms with Gasteiger partial charge in [0.15, 0.2) is 0 Å².